The van der Waals surface area contributed by atoms with Crippen LogP contribution in [-0.2, 0) is 4.79 Å². The summed E-state index contributed by atoms with van der Waals surface area (Å²) in [6.07, 6.45) is 0.216. The molecular formula is C19H24O2Si. The Labute approximate surface area is 133 Å². The number of rotatable bonds is 5. The number of aliphatic carboxylic acids is 1. The largest absolute Gasteiger partial charge is 0.481 e. The molecule has 0 heterocycles. The van der Waals surface area contributed by atoms with Gasteiger partial charge in [0.1, 0.15) is 8.07 Å². The predicted molar refractivity (Wildman–Crippen MR) is 94.7 cm³/mol. The molecular weight excluding hydrogens is 288 g/mol. The summed E-state index contributed by atoms with van der Waals surface area (Å²) >= 11 is 0. The minimum absolute atomic E-state index is 0.0329. The molecule has 2 aromatic carbocycles. The molecule has 0 aliphatic rings. The van der Waals surface area contributed by atoms with E-state index in [4.69, 9.17) is 0 Å². The van der Waals surface area contributed by atoms with E-state index in [0.29, 0.717) is 0 Å². The van der Waals surface area contributed by atoms with E-state index in [0.717, 1.165) is 6.04 Å². The molecule has 0 saturated carbocycles. The first kappa shape index (κ1) is 16.5. The minimum Gasteiger partial charge on any atom is -0.481 e. The molecule has 0 radical (unpaired) electrons. The summed E-state index contributed by atoms with van der Waals surface area (Å²) in [7, 11) is -2.19. The van der Waals surface area contributed by atoms with Crippen LogP contribution in [0.5, 0.6) is 0 Å². The van der Waals surface area contributed by atoms with Gasteiger partial charge in [-0.15, -0.1) is 0 Å². The van der Waals surface area contributed by atoms with Crippen molar-refractivity contribution in [3.63, 3.8) is 0 Å². The third-order valence-electron chi connectivity index (χ3n) is 4.53. The van der Waals surface area contributed by atoms with Crippen molar-refractivity contribution in [2.75, 3.05) is 0 Å². The average Bonchev–Trinajstić information content (AvgIpc) is 2.48. The van der Waals surface area contributed by atoms with Crippen molar-refractivity contribution in [2.45, 2.75) is 38.3 Å². The summed E-state index contributed by atoms with van der Waals surface area (Å²) in [6, 6.07) is 21.7. The molecule has 0 saturated heterocycles. The van der Waals surface area contributed by atoms with Gasteiger partial charge < -0.3 is 5.11 Å². The Hall–Kier alpha value is -1.87. The fraction of sp³-hybridized carbons (Fsp3) is 0.316. The molecule has 0 aromatic heterocycles. The fourth-order valence-corrected chi connectivity index (χ4v) is 8.94. The highest BCUT2D eigenvalue weighted by Gasteiger charge is 2.47. The maximum atomic E-state index is 11.3. The van der Waals surface area contributed by atoms with Gasteiger partial charge in [0.15, 0.2) is 0 Å². The monoisotopic (exact) mass is 312 g/mol. The summed E-state index contributed by atoms with van der Waals surface area (Å²) in [6.45, 7) is 6.75. The molecule has 0 fully saturated rings. The second-order valence-corrected chi connectivity index (χ2v) is 11.7. The van der Waals surface area contributed by atoms with Gasteiger partial charge in [-0.25, -0.2) is 0 Å². The quantitative estimate of drug-likeness (QED) is 0.858. The number of carboxylic acids is 1. The lowest BCUT2D eigenvalue weighted by molar-refractivity contribution is -0.136. The van der Waals surface area contributed by atoms with E-state index in [1.165, 1.54) is 10.4 Å². The van der Waals surface area contributed by atoms with Gasteiger partial charge in [-0.1, -0.05) is 91.8 Å². The van der Waals surface area contributed by atoms with E-state index in [9.17, 15) is 9.90 Å². The van der Waals surface area contributed by atoms with Crippen molar-refractivity contribution in [3.05, 3.63) is 60.7 Å². The number of hydrogen-bond donors (Lipinski definition) is 1. The molecule has 0 spiro atoms. The van der Waals surface area contributed by atoms with Crippen LogP contribution in [0.25, 0.3) is 0 Å². The lowest BCUT2D eigenvalue weighted by atomic mass is 10.2. The van der Waals surface area contributed by atoms with E-state index < -0.39 is 14.0 Å². The first-order valence-corrected chi connectivity index (χ1v) is 9.91. The molecule has 2 nitrogen and oxygen atoms in total. The first-order valence-electron chi connectivity index (χ1n) is 7.71. The van der Waals surface area contributed by atoms with Crippen molar-refractivity contribution in [1.29, 1.82) is 0 Å². The molecule has 22 heavy (non-hydrogen) atoms. The zero-order valence-electron chi connectivity index (χ0n) is 13.5. The standard InChI is InChI=1S/C19H24O2Si/c1-19(2,3)22(15-14-18(20)21,16-10-6-4-7-11-16)17-12-8-5-9-13-17/h4-13H,14-15H2,1-3H3,(H,20,21). The highest BCUT2D eigenvalue weighted by atomic mass is 28.3. The summed E-state index contributed by atoms with van der Waals surface area (Å²) in [5.41, 5.74) is 0. The Morgan fingerprint density at radius 2 is 1.32 bits per heavy atom. The summed E-state index contributed by atoms with van der Waals surface area (Å²) < 4.78 is 0. The average molecular weight is 312 g/mol. The van der Waals surface area contributed by atoms with Gasteiger partial charge in [-0.2, -0.15) is 0 Å². The maximum Gasteiger partial charge on any atom is 0.303 e. The molecule has 1 N–H and O–H groups in total. The van der Waals surface area contributed by atoms with Crippen molar-refractivity contribution >= 4 is 24.4 Å². The lowest BCUT2D eigenvalue weighted by Gasteiger charge is -2.44. The van der Waals surface area contributed by atoms with Crippen LogP contribution in [0.3, 0.4) is 0 Å². The van der Waals surface area contributed by atoms with Gasteiger partial charge in [0.25, 0.3) is 0 Å². The molecule has 116 valence electrons. The van der Waals surface area contributed by atoms with Gasteiger partial charge in [-0.05, 0) is 11.1 Å². The maximum absolute atomic E-state index is 11.3. The Kier molecular flexibility index (Phi) is 4.86. The van der Waals surface area contributed by atoms with Crippen LogP contribution in [0.1, 0.15) is 27.2 Å². The van der Waals surface area contributed by atoms with Gasteiger partial charge in [0, 0.05) is 6.42 Å². The van der Waals surface area contributed by atoms with Gasteiger partial charge in [-0.3, -0.25) is 4.79 Å². The van der Waals surface area contributed by atoms with Crippen LogP contribution >= 0.6 is 0 Å². The van der Waals surface area contributed by atoms with Crippen molar-refractivity contribution < 1.29 is 9.90 Å². The molecule has 0 unspecified atom stereocenters. The van der Waals surface area contributed by atoms with Crippen molar-refractivity contribution in [1.82, 2.24) is 0 Å². The third kappa shape index (κ3) is 3.14. The molecule has 2 rings (SSSR count). The molecule has 2 aromatic rings. The van der Waals surface area contributed by atoms with E-state index in [1.807, 2.05) is 12.1 Å². The second-order valence-electron chi connectivity index (χ2n) is 6.78. The van der Waals surface area contributed by atoms with Crippen LogP contribution < -0.4 is 10.4 Å². The summed E-state index contributed by atoms with van der Waals surface area (Å²) in [5.74, 6) is -0.715. The van der Waals surface area contributed by atoms with Crippen LogP contribution in [0, 0.1) is 0 Å². The Morgan fingerprint density at radius 3 is 1.64 bits per heavy atom. The smallest absolute Gasteiger partial charge is 0.303 e. The SMILES string of the molecule is CC(C)(C)[Si](CCC(=O)O)(c1ccccc1)c1ccccc1. The minimum atomic E-state index is -2.19. The van der Waals surface area contributed by atoms with Gasteiger partial charge >= 0.3 is 5.97 Å². The fourth-order valence-electron chi connectivity index (χ4n) is 3.44. The predicted octanol–water partition coefficient (Wildman–Crippen LogP) is 3.52. The second kappa shape index (κ2) is 6.49. The summed E-state index contributed by atoms with van der Waals surface area (Å²) in [4.78, 5) is 11.3. The zero-order valence-corrected chi connectivity index (χ0v) is 14.5. The Morgan fingerprint density at radius 1 is 0.909 bits per heavy atom. The third-order valence-corrected chi connectivity index (χ3v) is 10.7. The topological polar surface area (TPSA) is 37.3 Å². The summed E-state index contributed by atoms with van der Waals surface area (Å²) in [5, 5.41) is 11.9. The van der Waals surface area contributed by atoms with Crippen molar-refractivity contribution in [3.8, 4) is 0 Å². The van der Waals surface area contributed by atoms with Crippen LogP contribution in [0.2, 0.25) is 11.1 Å². The number of carboxylic acid groups (broad SMARTS) is 1. The Bertz CT molecular complexity index is 575. The van der Waals surface area contributed by atoms with Gasteiger partial charge in [0.2, 0.25) is 0 Å². The number of benzene rings is 2. The van der Waals surface area contributed by atoms with Crippen molar-refractivity contribution in [2.24, 2.45) is 0 Å². The highest BCUT2D eigenvalue weighted by Crippen LogP contribution is 2.39. The van der Waals surface area contributed by atoms with E-state index in [2.05, 4.69) is 69.3 Å². The van der Waals surface area contributed by atoms with E-state index >= 15 is 0 Å². The normalized spacial score (nSPS) is 12.1. The Balaban J connectivity index is 2.67. The number of hydrogen-bond acceptors (Lipinski definition) is 1. The molecule has 0 atom stereocenters. The zero-order chi connectivity index (χ0) is 16.2. The molecule has 0 amide bonds. The lowest BCUT2D eigenvalue weighted by Crippen LogP contribution is -2.64. The van der Waals surface area contributed by atoms with Crippen LogP contribution in [0.4, 0.5) is 0 Å². The molecule has 0 aliphatic carbocycles. The first-order chi connectivity index (χ1) is 10.4. The molecule has 0 bridgehead atoms. The number of carbonyl (C=O) groups is 1. The van der Waals surface area contributed by atoms with E-state index in [-0.39, 0.29) is 11.5 Å². The van der Waals surface area contributed by atoms with Crippen LogP contribution in [-0.4, -0.2) is 19.1 Å². The van der Waals surface area contributed by atoms with E-state index in [1.54, 1.807) is 0 Å². The van der Waals surface area contributed by atoms with Gasteiger partial charge in [0.05, 0.1) is 0 Å². The van der Waals surface area contributed by atoms with Crippen LogP contribution in [0.15, 0.2) is 60.7 Å². The highest BCUT2D eigenvalue weighted by molar-refractivity contribution is 7.04. The molecule has 3 heteroatoms. The molecule has 0 aliphatic heterocycles.